The Kier molecular flexibility index (Phi) is 6.40. The fourth-order valence-electron chi connectivity index (χ4n) is 1.02. The van der Waals surface area contributed by atoms with Crippen molar-refractivity contribution in [2.75, 3.05) is 27.1 Å². The lowest BCUT2D eigenvalue weighted by molar-refractivity contribution is -0.00848. The lowest BCUT2D eigenvalue weighted by Crippen LogP contribution is -2.07. The van der Waals surface area contributed by atoms with E-state index in [9.17, 15) is 0 Å². The first-order valence-corrected chi connectivity index (χ1v) is 4.90. The molecule has 0 saturated heterocycles. The normalized spacial score (nSPS) is 9.88. The van der Waals surface area contributed by atoms with Gasteiger partial charge in [0.25, 0.3) is 0 Å². The second-order valence-electron chi connectivity index (χ2n) is 2.91. The zero-order valence-electron chi connectivity index (χ0n) is 9.22. The van der Waals surface area contributed by atoms with E-state index in [1.807, 2.05) is 0 Å². The summed E-state index contributed by atoms with van der Waals surface area (Å²) in [7, 11) is 1.28. The number of hydrogen-bond donors (Lipinski definition) is 1. The summed E-state index contributed by atoms with van der Waals surface area (Å²) in [6.07, 6.45) is 0. The highest BCUT2D eigenvalue weighted by Crippen LogP contribution is 2.16. The Morgan fingerprint density at radius 3 is 2.44 bits per heavy atom. The molecule has 1 N–H and O–H groups in total. The van der Waals surface area contributed by atoms with E-state index in [0.29, 0.717) is 24.7 Å². The van der Waals surface area contributed by atoms with E-state index < -0.39 is 0 Å². The van der Waals surface area contributed by atoms with Crippen LogP contribution in [0.25, 0.3) is 0 Å². The third-order valence-corrected chi connectivity index (χ3v) is 1.80. The number of benzene rings is 1. The van der Waals surface area contributed by atoms with Gasteiger partial charge in [-0.3, -0.25) is 0 Å². The van der Waals surface area contributed by atoms with Crippen LogP contribution < -0.4 is 9.39 Å². The summed E-state index contributed by atoms with van der Waals surface area (Å²) in [6, 6.07) is 6.90. The average molecular weight is 226 g/mol. The smallest absolute Gasteiger partial charge is 0.504 e. The van der Waals surface area contributed by atoms with Crippen LogP contribution in [0.1, 0.15) is 0 Å². The predicted molar refractivity (Wildman–Crippen MR) is 59.8 cm³/mol. The summed E-state index contributed by atoms with van der Waals surface area (Å²) >= 11 is 0. The van der Waals surface area contributed by atoms with Gasteiger partial charge in [-0.15, -0.1) is 0 Å². The van der Waals surface area contributed by atoms with Gasteiger partial charge in [-0.1, -0.05) is 0 Å². The molecule has 0 saturated carbocycles. The molecule has 0 fully saturated rings. The molecule has 0 aliphatic heterocycles. The molecule has 88 valence electrons. The van der Waals surface area contributed by atoms with Crippen LogP contribution in [0.15, 0.2) is 24.3 Å². The topological polar surface area (TPSA) is 57.2 Å². The van der Waals surface area contributed by atoms with Crippen LogP contribution >= 0.6 is 0 Å². The van der Waals surface area contributed by atoms with Crippen molar-refractivity contribution in [1.82, 2.24) is 0 Å². The first-order valence-electron chi connectivity index (χ1n) is 4.90. The van der Waals surface area contributed by atoms with Crippen molar-refractivity contribution in [2.45, 2.75) is 0 Å². The summed E-state index contributed by atoms with van der Waals surface area (Å²) in [4.78, 5) is 0. The molecule has 1 rings (SSSR count). The first-order chi connectivity index (χ1) is 7.86. The van der Waals surface area contributed by atoms with E-state index >= 15 is 0 Å². The van der Waals surface area contributed by atoms with Gasteiger partial charge in [0.2, 0.25) is 0 Å². The van der Waals surface area contributed by atoms with Crippen molar-refractivity contribution in [3.8, 4) is 11.5 Å². The lowest BCUT2D eigenvalue weighted by Gasteiger charge is -2.07. The van der Waals surface area contributed by atoms with E-state index in [0.717, 1.165) is 0 Å². The Bertz CT molecular complexity index is 277. The molecule has 5 nitrogen and oxygen atoms in total. The largest absolute Gasteiger partial charge is 0.539 e. The molecule has 6 heteroatoms. The molecule has 0 spiro atoms. The molecule has 0 amide bonds. The van der Waals surface area contributed by atoms with E-state index in [1.165, 1.54) is 0 Å². The number of methoxy groups -OCH3 is 1. The van der Waals surface area contributed by atoms with Crippen LogP contribution in [0.4, 0.5) is 0 Å². The first kappa shape index (κ1) is 12.8. The van der Waals surface area contributed by atoms with Gasteiger partial charge in [-0.2, -0.15) is 0 Å². The molecule has 0 aromatic heterocycles. The maximum atomic E-state index is 8.53. The molecule has 0 heterocycles. The number of rotatable bonds is 8. The summed E-state index contributed by atoms with van der Waals surface area (Å²) in [5, 5.41) is 8.53. The Hall–Kier alpha value is -1.24. The monoisotopic (exact) mass is 226 g/mol. The number of hydrogen-bond acceptors (Lipinski definition) is 5. The minimum atomic E-state index is -0.333. The summed E-state index contributed by atoms with van der Waals surface area (Å²) in [5.74, 6) is 1.28. The predicted octanol–water partition coefficient (Wildman–Crippen LogP) is 0.324. The van der Waals surface area contributed by atoms with Crippen molar-refractivity contribution in [2.24, 2.45) is 0 Å². The fourth-order valence-corrected chi connectivity index (χ4v) is 1.02. The minimum absolute atomic E-state index is 0.184. The van der Waals surface area contributed by atoms with Gasteiger partial charge in [0.1, 0.15) is 11.5 Å². The molecule has 1 aromatic rings. The Labute approximate surface area is 95.2 Å². The second-order valence-corrected chi connectivity index (χ2v) is 2.91. The van der Waals surface area contributed by atoms with Crippen LogP contribution in [0.2, 0.25) is 0 Å². The van der Waals surface area contributed by atoms with Crippen LogP contribution in [-0.4, -0.2) is 39.8 Å². The van der Waals surface area contributed by atoms with Gasteiger partial charge in [0, 0.05) is 7.11 Å². The summed E-state index contributed by atoms with van der Waals surface area (Å²) in [5.41, 5.74) is 0. The quantitative estimate of drug-likeness (QED) is 0.393. The molecule has 1 aromatic carbocycles. The van der Waals surface area contributed by atoms with Crippen molar-refractivity contribution < 1.29 is 23.9 Å². The van der Waals surface area contributed by atoms with E-state index in [1.54, 1.807) is 31.4 Å². The highest BCUT2D eigenvalue weighted by molar-refractivity contribution is 6.17. The molecule has 0 unspecified atom stereocenters. The van der Waals surface area contributed by atoms with Gasteiger partial charge in [-0.05, 0) is 24.3 Å². The molecule has 0 radical (unpaired) electrons. The molecule has 0 aliphatic rings. The molecule has 0 atom stereocenters. The molecule has 0 bridgehead atoms. The molecular formula is C10H15BO5. The standard InChI is InChI=1S/C10H15BO5/c1-13-6-7-14-8-15-9-2-4-10(5-3-9)16-11-12/h2-5,11-12H,6-8H2,1H3. The fraction of sp³-hybridized carbons (Fsp3) is 0.400. The van der Waals surface area contributed by atoms with Crippen LogP contribution in [0.5, 0.6) is 11.5 Å². The Morgan fingerprint density at radius 1 is 1.12 bits per heavy atom. The molecule has 0 aliphatic carbocycles. The van der Waals surface area contributed by atoms with Crippen molar-refractivity contribution in [3.05, 3.63) is 24.3 Å². The SMILES string of the molecule is COCCOCOc1ccc(OBO)cc1. The summed E-state index contributed by atoms with van der Waals surface area (Å²) in [6.45, 7) is 1.23. The third kappa shape index (κ3) is 5.02. The highest BCUT2D eigenvalue weighted by atomic mass is 16.7. The average Bonchev–Trinajstić information content (AvgIpc) is 2.31. The van der Waals surface area contributed by atoms with E-state index in [4.69, 9.17) is 23.9 Å². The molecular weight excluding hydrogens is 211 g/mol. The number of ether oxygens (including phenoxy) is 3. The molecule has 16 heavy (non-hydrogen) atoms. The highest BCUT2D eigenvalue weighted by Gasteiger charge is 1.96. The minimum Gasteiger partial charge on any atom is -0.539 e. The zero-order valence-corrected chi connectivity index (χ0v) is 9.22. The van der Waals surface area contributed by atoms with Gasteiger partial charge < -0.3 is 23.9 Å². The van der Waals surface area contributed by atoms with Gasteiger partial charge in [-0.25, -0.2) is 0 Å². The van der Waals surface area contributed by atoms with E-state index in [2.05, 4.69) is 0 Å². The third-order valence-electron chi connectivity index (χ3n) is 1.80. The Morgan fingerprint density at radius 2 is 1.81 bits per heavy atom. The zero-order chi connectivity index (χ0) is 11.6. The maximum Gasteiger partial charge on any atom is 0.504 e. The van der Waals surface area contributed by atoms with Gasteiger partial charge in [0.15, 0.2) is 6.79 Å². The van der Waals surface area contributed by atoms with Gasteiger partial charge in [0.05, 0.1) is 13.2 Å². The van der Waals surface area contributed by atoms with Crippen LogP contribution in [0.3, 0.4) is 0 Å². The summed E-state index contributed by atoms with van der Waals surface area (Å²) < 4.78 is 20.1. The van der Waals surface area contributed by atoms with E-state index in [-0.39, 0.29) is 14.5 Å². The van der Waals surface area contributed by atoms with Crippen molar-refractivity contribution in [1.29, 1.82) is 0 Å². The van der Waals surface area contributed by atoms with Crippen molar-refractivity contribution >= 4 is 7.69 Å². The van der Waals surface area contributed by atoms with Crippen molar-refractivity contribution in [3.63, 3.8) is 0 Å². The van der Waals surface area contributed by atoms with Gasteiger partial charge >= 0.3 is 7.69 Å². The second kappa shape index (κ2) is 7.98. The maximum absolute atomic E-state index is 8.53. The Balaban J connectivity index is 2.21. The lowest BCUT2D eigenvalue weighted by atomic mass is 10.3. The van der Waals surface area contributed by atoms with Crippen LogP contribution in [0, 0.1) is 0 Å². The van der Waals surface area contributed by atoms with Crippen LogP contribution in [-0.2, 0) is 9.47 Å².